The number of para-hydroxylation sites is 1. The molecule has 3 aromatic rings. The molecular weight excluding hydrogens is 388 g/mol. The number of imide groups is 1. The number of benzene rings is 3. The lowest BCUT2D eigenvalue weighted by Gasteiger charge is -2.21. The van der Waals surface area contributed by atoms with Gasteiger partial charge in [0, 0.05) is 12.7 Å². The van der Waals surface area contributed by atoms with Gasteiger partial charge in [0.05, 0.1) is 19.2 Å². The first-order valence-corrected chi connectivity index (χ1v) is 10.1. The molecule has 0 radical (unpaired) electrons. The number of likely N-dealkylation sites (N-methyl/N-ethyl adjacent to an activating group) is 1. The van der Waals surface area contributed by atoms with E-state index in [4.69, 9.17) is 4.74 Å². The van der Waals surface area contributed by atoms with Crippen molar-refractivity contribution in [1.82, 2.24) is 4.90 Å². The highest BCUT2D eigenvalue weighted by atomic mass is 16.5. The maximum atomic E-state index is 13.5. The zero-order chi connectivity index (χ0) is 22.0. The number of hydrogen-bond donors (Lipinski definition) is 0. The first-order chi connectivity index (χ1) is 15.0. The lowest BCUT2D eigenvalue weighted by atomic mass is 10.0. The molecule has 3 aromatic carbocycles. The number of ether oxygens (including phenoxy) is 1. The van der Waals surface area contributed by atoms with Gasteiger partial charge in [0.15, 0.2) is 0 Å². The molecule has 0 saturated carbocycles. The van der Waals surface area contributed by atoms with Crippen LogP contribution >= 0.6 is 0 Å². The molecule has 31 heavy (non-hydrogen) atoms. The van der Waals surface area contributed by atoms with Gasteiger partial charge in [0.2, 0.25) is 0 Å². The Hall–Kier alpha value is -3.86. The van der Waals surface area contributed by atoms with Crippen LogP contribution in [0.25, 0.3) is 5.57 Å². The molecule has 1 heterocycles. The van der Waals surface area contributed by atoms with Crippen molar-refractivity contribution in [2.24, 2.45) is 0 Å². The number of hydrogen-bond acceptors (Lipinski definition) is 4. The lowest BCUT2D eigenvalue weighted by molar-refractivity contribution is -0.137. The van der Waals surface area contributed by atoms with E-state index < -0.39 is 0 Å². The highest BCUT2D eigenvalue weighted by Gasteiger charge is 2.41. The van der Waals surface area contributed by atoms with Crippen molar-refractivity contribution in [3.63, 3.8) is 0 Å². The van der Waals surface area contributed by atoms with E-state index in [0.29, 0.717) is 22.6 Å². The molecule has 1 aliphatic rings. The SMILES string of the molecule is COc1ccc(C2=C(N(C)c3ccccc3)C(=O)N(Cc3ccc(C)cc3)C2=O)cc1. The van der Waals surface area contributed by atoms with Gasteiger partial charge >= 0.3 is 0 Å². The van der Waals surface area contributed by atoms with Crippen LogP contribution in [0.5, 0.6) is 5.75 Å². The van der Waals surface area contributed by atoms with E-state index in [2.05, 4.69) is 0 Å². The fourth-order valence-electron chi connectivity index (χ4n) is 3.69. The molecule has 0 unspecified atom stereocenters. The number of amides is 2. The molecule has 0 aromatic heterocycles. The zero-order valence-corrected chi connectivity index (χ0v) is 17.8. The molecule has 2 amide bonds. The Labute approximate surface area is 182 Å². The number of methoxy groups -OCH3 is 1. The minimum Gasteiger partial charge on any atom is -0.497 e. The highest BCUT2D eigenvalue weighted by Crippen LogP contribution is 2.34. The maximum Gasteiger partial charge on any atom is 0.278 e. The van der Waals surface area contributed by atoms with E-state index >= 15 is 0 Å². The summed E-state index contributed by atoms with van der Waals surface area (Å²) in [5, 5.41) is 0. The molecule has 0 spiro atoms. The fourth-order valence-corrected chi connectivity index (χ4v) is 3.69. The van der Waals surface area contributed by atoms with Crippen LogP contribution in [-0.2, 0) is 16.1 Å². The monoisotopic (exact) mass is 412 g/mol. The average Bonchev–Trinajstić information content (AvgIpc) is 3.05. The van der Waals surface area contributed by atoms with Crippen molar-refractivity contribution in [2.45, 2.75) is 13.5 Å². The summed E-state index contributed by atoms with van der Waals surface area (Å²) in [4.78, 5) is 30.1. The van der Waals surface area contributed by atoms with Crippen LogP contribution < -0.4 is 9.64 Å². The third-order valence-corrected chi connectivity index (χ3v) is 5.46. The Balaban J connectivity index is 1.77. The molecule has 5 heteroatoms. The van der Waals surface area contributed by atoms with Crippen molar-refractivity contribution in [3.05, 3.63) is 101 Å². The summed E-state index contributed by atoms with van der Waals surface area (Å²) in [5.74, 6) is 0.0897. The van der Waals surface area contributed by atoms with Crippen molar-refractivity contribution >= 4 is 23.1 Å². The van der Waals surface area contributed by atoms with Crippen molar-refractivity contribution in [1.29, 1.82) is 0 Å². The predicted octanol–water partition coefficient (Wildman–Crippen LogP) is 4.42. The average molecular weight is 412 g/mol. The van der Waals surface area contributed by atoms with Crippen LogP contribution in [0.2, 0.25) is 0 Å². The van der Waals surface area contributed by atoms with Crippen LogP contribution in [0, 0.1) is 6.92 Å². The molecule has 5 nitrogen and oxygen atoms in total. The number of carbonyl (C=O) groups is 2. The third-order valence-electron chi connectivity index (χ3n) is 5.46. The van der Waals surface area contributed by atoms with E-state index in [9.17, 15) is 9.59 Å². The van der Waals surface area contributed by atoms with Crippen molar-refractivity contribution < 1.29 is 14.3 Å². The summed E-state index contributed by atoms with van der Waals surface area (Å²) in [7, 11) is 3.41. The molecule has 0 atom stereocenters. The normalized spacial score (nSPS) is 13.7. The summed E-state index contributed by atoms with van der Waals surface area (Å²) in [6.07, 6.45) is 0. The number of anilines is 1. The fraction of sp³-hybridized carbons (Fsp3) is 0.154. The van der Waals surface area contributed by atoms with E-state index in [1.807, 2.05) is 80.7 Å². The van der Waals surface area contributed by atoms with E-state index in [1.54, 1.807) is 24.1 Å². The minimum atomic E-state index is -0.303. The second-order valence-electron chi connectivity index (χ2n) is 7.53. The zero-order valence-electron chi connectivity index (χ0n) is 17.8. The maximum absolute atomic E-state index is 13.5. The van der Waals surface area contributed by atoms with Gasteiger partial charge in [-0.25, -0.2) is 0 Å². The van der Waals surface area contributed by atoms with Gasteiger partial charge in [-0.1, -0.05) is 60.2 Å². The summed E-state index contributed by atoms with van der Waals surface area (Å²) in [6.45, 7) is 2.23. The molecule has 156 valence electrons. The number of nitrogens with zero attached hydrogens (tertiary/aromatic N) is 2. The van der Waals surface area contributed by atoms with Gasteiger partial charge in [-0.05, 0) is 42.3 Å². The van der Waals surface area contributed by atoms with E-state index in [0.717, 1.165) is 16.8 Å². The van der Waals surface area contributed by atoms with Gasteiger partial charge in [-0.15, -0.1) is 0 Å². The summed E-state index contributed by atoms with van der Waals surface area (Å²) < 4.78 is 5.24. The van der Waals surface area contributed by atoms with Gasteiger partial charge in [0.25, 0.3) is 11.8 Å². The van der Waals surface area contributed by atoms with Crippen molar-refractivity contribution in [2.75, 3.05) is 19.1 Å². The standard InChI is InChI=1S/C26H24N2O3/c1-18-9-11-19(12-10-18)17-28-25(29)23(20-13-15-22(31-3)16-14-20)24(26(28)30)27(2)21-7-5-4-6-8-21/h4-16H,17H2,1-3H3. The largest absolute Gasteiger partial charge is 0.497 e. The minimum absolute atomic E-state index is 0.226. The van der Waals surface area contributed by atoms with Crippen LogP contribution in [0.1, 0.15) is 16.7 Å². The Morgan fingerprint density at radius 2 is 1.48 bits per heavy atom. The number of carbonyl (C=O) groups excluding carboxylic acids is 2. The van der Waals surface area contributed by atoms with E-state index in [1.165, 1.54) is 4.90 Å². The molecular formula is C26H24N2O3. The second kappa shape index (κ2) is 8.48. The third kappa shape index (κ3) is 3.94. The van der Waals surface area contributed by atoms with E-state index in [-0.39, 0.29) is 18.4 Å². The Morgan fingerprint density at radius 3 is 2.10 bits per heavy atom. The summed E-state index contributed by atoms with van der Waals surface area (Å²) in [6, 6.07) is 24.6. The molecule has 0 N–H and O–H groups in total. The first-order valence-electron chi connectivity index (χ1n) is 10.1. The van der Waals surface area contributed by atoms with Crippen LogP contribution in [0.3, 0.4) is 0 Å². The van der Waals surface area contributed by atoms with Gasteiger partial charge in [-0.2, -0.15) is 0 Å². The van der Waals surface area contributed by atoms with Gasteiger partial charge in [-0.3, -0.25) is 14.5 Å². The molecule has 4 rings (SSSR count). The Bertz CT molecular complexity index is 1130. The van der Waals surface area contributed by atoms with Gasteiger partial charge < -0.3 is 9.64 Å². The highest BCUT2D eigenvalue weighted by molar-refractivity contribution is 6.36. The number of rotatable bonds is 6. The molecule has 0 saturated heterocycles. The smallest absolute Gasteiger partial charge is 0.278 e. The molecule has 0 fully saturated rings. The topological polar surface area (TPSA) is 49.9 Å². The van der Waals surface area contributed by atoms with Crippen LogP contribution in [0.15, 0.2) is 84.6 Å². The van der Waals surface area contributed by atoms with Crippen molar-refractivity contribution in [3.8, 4) is 5.75 Å². The molecule has 1 aliphatic heterocycles. The Kier molecular flexibility index (Phi) is 5.58. The molecule has 0 aliphatic carbocycles. The van der Waals surface area contributed by atoms with Crippen LogP contribution in [0.4, 0.5) is 5.69 Å². The number of aryl methyl sites for hydroxylation is 1. The van der Waals surface area contributed by atoms with Gasteiger partial charge in [0.1, 0.15) is 11.4 Å². The Morgan fingerprint density at radius 1 is 0.839 bits per heavy atom. The predicted molar refractivity (Wildman–Crippen MR) is 121 cm³/mol. The van der Waals surface area contributed by atoms with Crippen LogP contribution in [-0.4, -0.2) is 30.9 Å². The molecule has 0 bridgehead atoms. The second-order valence-corrected chi connectivity index (χ2v) is 7.53. The lowest BCUT2D eigenvalue weighted by Crippen LogP contribution is -2.33. The quantitative estimate of drug-likeness (QED) is 0.563. The summed E-state index contributed by atoms with van der Waals surface area (Å²) >= 11 is 0. The first kappa shape index (κ1) is 20.4. The summed E-state index contributed by atoms with van der Waals surface area (Å²) in [5.41, 5.74) is 4.32.